The number of nitrogens with one attached hydrogen (secondary N) is 1. The highest BCUT2D eigenvalue weighted by Gasteiger charge is 2.37. The molecule has 2 aliphatic rings. The quantitative estimate of drug-likeness (QED) is 0.785. The Morgan fingerprint density at radius 1 is 1.00 bits per heavy atom. The number of hydrogen-bond acceptors (Lipinski definition) is 1. The molecular weight excluding hydrogens is 265 g/mol. The van der Waals surface area contributed by atoms with Crippen molar-refractivity contribution in [1.29, 1.82) is 0 Å². The minimum absolute atomic E-state index is 0.450. The van der Waals surface area contributed by atoms with Gasteiger partial charge in [-0.1, -0.05) is 6.07 Å². The third-order valence-electron chi connectivity index (χ3n) is 4.53. The lowest BCUT2D eigenvalue weighted by atomic mass is 9.99. The van der Waals surface area contributed by atoms with Gasteiger partial charge < -0.3 is 9.88 Å². The van der Waals surface area contributed by atoms with Gasteiger partial charge in [0.2, 0.25) is 0 Å². The minimum atomic E-state index is -4.25. The zero-order chi connectivity index (χ0) is 13.9. The van der Waals surface area contributed by atoms with Crippen LogP contribution in [0, 0.1) is 0 Å². The second-order valence-electron chi connectivity index (χ2n) is 5.56. The molecule has 0 unspecified atom stereocenters. The average Bonchev–Trinajstić information content (AvgIpc) is 2.84. The third-order valence-corrected chi connectivity index (χ3v) is 4.53. The molecule has 2 nitrogen and oxygen atoms in total. The molecule has 106 valence electrons. The predicted molar refractivity (Wildman–Crippen MR) is 70.9 cm³/mol. The molecule has 2 aromatic rings. The molecule has 0 spiro atoms. The van der Waals surface area contributed by atoms with Gasteiger partial charge in [-0.25, -0.2) is 0 Å². The van der Waals surface area contributed by atoms with Crippen molar-refractivity contribution in [2.24, 2.45) is 0 Å². The van der Waals surface area contributed by atoms with Gasteiger partial charge in [0.25, 0.3) is 0 Å². The van der Waals surface area contributed by atoms with Crippen molar-refractivity contribution >= 4 is 10.9 Å². The normalized spacial score (nSPS) is 18.4. The van der Waals surface area contributed by atoms with E-state index in [2.05, 4.69) is 9.88 Å². The minimum Gasteiger partial charge on any atom is -0.344 e. The zero-order valence-electron chi connectivity index (χ0n) is 11.0. The molecule has 0 radical (unpaired) electrons. The van der Waals surface area contributed by atoms with Gasteiger partial charge in [0.15, 0.2) is 0 Å². The van der Waals surface area contributed by atoms with E-state index in [-0.39, 0.29) is 0 Å². The van der Waals surface area contributed by atoms with Crippen LogP contribution in [-0.4, -0.2) is 17.7 Å². The summed E-state index contributed by atoms with van der Waals surface area (Å²) in [6.45, 7) is 2.50. The molecule has 0 saturated carbocycles. The van der Waals surface area contributed by atoms with Gasteiger partial charge in [0.05, 0.1) is 11.1 Å². The fourth-order valence-corrected chi connectivity index (χ4v) is 3.74. The molecule has 0 amide bonds. The Balaban J connectivity index is 2.03. The molecule has 0 atom stereocenters. The summed E-state index contributed by atoms with van der Waals surface area (Å²) in [7, 11) is 0. The highest BCUT2D eigenvalue weighted by atomic mass is 19.4. The van der Waals surface area contributed by atoms with Crippen molar-refractivity contribution < 1.29 is 13.2 Å². The molecule has 3 heterocycles. The number of hydrogen-bond donors (Lipinski definition) is 1. The number of aryl methyl sites for hydroxylation is 2. The second-order valence-corrected chi connectivity index (χ2v) is 5.56. The molecule has 1 aromatic heterocycles. The first-order chi connectivity index (χ1) is 9.57. The first-order valence-electron chi connectivity index (χ1n) is 7.01. The molecule has 0 saturated heterocycles. The number of rotatable bonds is 0. The van der Waals surface area contributed by atoms with Crippen LogP contribution in [0.1, 0.15) is 22.4 Å². The smallest absolute Gasteiger partial charge is 0.344 e. The Labute approximate surface area is 114 Å². The van der Waals surface area contributed by atoms with E-state index >= 15 is 0 Å². The summed E-state index contributed by atoms with van der Waals surface area (Å²) in [6, 6.07) is 2.94. The van der Waals surface area contributed by atoms with E-state index in [1.54, 1.807) is 6.07 Å². The summed E-state index contributed by atoms with van der Waals surface area (Å²) in [5.41, 5.74) is 3.38. The van der Waals surface area contributed by atoms with Gasteiger partial charge >= 0.3 is 6.18 Å². The van der Waals surface area contributed by atoms with Gasteiger partial charge in [-0.2, -0.15) is 13.2 Å². The van der Waals surface area contributed by atoms with Crippen molar-refractivity contribution in [2.75, 3.05) is 13.1 Å². The monoisotopic (exact) mass is 280 g/mol. The summed E-state index contributed by atoms with van der Waals surface area (Å²) in [5, 5.41) is 4.39. The standard InChI is InChI=1S/C15H15F3N2/c16-15(17,18)12-2-1-10-9-3-6-19-7-4-13(9)20-8-5-11(12)14(10)20/h1-2,19H,3-8H2. The lowest BCUT2D eigenvalue weighted by molar-refractivity contribution is -0.138. The van der Waals surface area contributed by atoms with E-state index < -0.39 is 11.7 Å². The number of benzene rings is 1. The van der Waals surface area contributed by atoms with Crippen molar-refractivity contribution in [2.45, 2.75) is 32.0 Å². The first kappa shape index (κ1) is 12.3. The van der Waals surface area contributed by atoms with E-state index in [1.165, 1.54) is 17.3 Å². The first-order valence-corrected chi connectivity index (χ1v) is 7.01. The van der Waals surface area contributed by atoms with Gasteiger partial charge in [-0.05, 0) is 36.6 Å². The topological polar surface area (TPSA) is 17.0 Å². The van der Waals surface area contributed by atoms with Crippen LogP contribution >= 0.6 is 0 Å². The molecule has 1 aromatic carbocycles. The molecule has 1 N–H and O–H groups in total. The summed E-state index contributed by atoms with van der Waals surface area (Å²) < 4.78 is 41.5. The maximum Gasteiger partial charge on any atom is 0.416 e. The van der Waals surface area contributed by atoms with Gasteiger partial charge in [0, 0.05) is 30.6 Å². The van der Waals surface area contributed by atoms with E-state index in [4.69, 9.17) is 0 Å². The Hall–Kier alpha value is -1.49. The van der Waals surface area contributed by atoms with Gasteiger partial charge in [-0.15, -0.1) is 0 Å². The van der Waals surface area contributed by atoms with Crippen LogP contribution in [0.3, 0.4) is 0 Å². The van der Waals surface area contributed by atoms with Crippen molar-refractivity contribution in [3.8, 4) is 0 Å². The number of fused-ring (bicyclic) bond motifs is 3. The highest BCUT2D eigenvalue weighted by Crippen LogP contribution is 2.41. The van der Waals surface area contributed by atoms with E-state index in [1.807, 2.05) is 0 Å². The molecule has 2 aliphatic heterocycles. The summed E-state index contributed by atoms with van der Waals surface area (Å²) in [4.78, 5) is 0. The molecule has 4 rings (SSSR count). The van der Waals surface area contributed by atoms with Gasteiger partial charge in [-0.3, -0.25) is 0 Å². The predicted octanol–water partition coefficient (Wildman–Crippen LogP) is 2.90. The van der Waals surface area contributed by atoms with E-state index in [0.717, 1.165) is 36.8 Å². The van der Waals surface area contributed by atoms with Crippen LogP contribution < -0.4 is 5.32 Å². The van der Waals surface area contributed by atoms with Crippen LogP contribution in [0.15, 0.2) is 12.1 Å². The summed E-state index contributed by atoms with van der Waals surface area (Å²) in [5.74, 6) is 0. The number of alkyl halides is 3. The number of halogens is 3. The average molecular weight is 280 g/mol. The molecule has 5 heteroatoms. The molecule has 0 bridgehead atoms. The SMILES string of the molecule is FC(F)(F)c1ccc2c3c(n4c2c1CC4)CCNCC3. The lowest BCUT2D eigenvalue weighted by Gasteiger charge is -2.11. The van der Waals surface area contributed by atoms with Crippen LogP contribution in [0.25, 0.3) is 10.9 Å². The third kappa shape index (κ3) is 1.56. The molecule has 0 aliphatic carbocycles. The summed E-state index contributed by atoms with van der Waals surface area (Å²) >= 11 is 0. The van der Waals surface area contributed by atoms with Crippen molar-refractivity contribution in [3.05, 3.63) is 34.5 Å². The highest BCUT2D eigenvalue weighted by molar-refractivity contribution is 5.90. The number of aromatic nitrogens is 1. The Morgan fingerprint density at radius 2 is 1.80 bits per heavy atom. The maximum atomic E-state index is 13.1. The zero-order valence-corrected chi connectivity index (χ0v) is 11.0. The van der Waals surface area contributed by atoms with E-state index in [9.17, 15) is 13.2 Å². The number of nitrogens with zero attached hydrogens (tertiary/aromatic N) is 1. The van der Waals surface area contributed by atoms with Gasteiger partial charge in [0.1, 0.15) is 0 Å². The fraction of sp³-hybridized carbons (Fsp3) is 0.467. The van der Waals surface area contributed by atoms with Crippen LogP contribution in [0.5, 0.6) is 0 Å². The van der Waals surface area contributed by atoms with Crippen LogP contribution in [0.2, 0.25) is 0 Å². The van der Waals surface area contributed by atoms with Crippen LogP contribution in [-0.2, 0) is 32.0 Å². The Kier molecular flexibility index (Phi) is 2.46. The molecule has 0 fully saturated rings. The fourth-order valence-electron chi connectivity index (χ4n) is 3.74. The summed E-state index contributed by atoms with van der Waals surface area (Å²) in [6.07, 6.45) is -1.93. The van der Waals surface area contributed by atoms with Crippen molar-refractivity contribution in [3.63, 3.8) is 0 Å². The maximum absolute atomic E-state index is 13.1. The van der Waals surface area contributed by atoms with E-state index in [0.29, 0.717) is 18.5 Å². The second kappa shape index (κ2) is 4.01. The van der Waals surface area contributed by atoms with Crippen LogP contribution in [0.4, 0.5) is 13.2 Å². The van der Waals surface area contributed by atoms with Crippen molar-refractivity contribution in [1.82, 2.24) is 9.88 Å². The lowest BCUT2D eigenvalue weighted by Crippen LogP contribution is -2.17. The largest absolute Gasteiger partial charge is 0.416 e. The molecular formula is C15H15F3N2. The Morgan fingerprint density at radius 3 is 2.60 bits per heavy atom. The Bertz CT molecular complexity index is 697. The molecule has 20 heavy (non-hydrogen) atoms.